The van der Waals surface area contributed by atoms with Crippen LogP contribution in [0.3, 0.4) is 0 Å². The number of rotatable bonds is 27. The number of guanidine groups is 1. The van der Waals surface area contributed by atoms with Gasteiger partial charge in [0, 0.05) is 6.54 Å². The number of unbranched alkanes of at least 4 members (excludes halogenated alkanes) is 1. The van der Waals surface area contributed by atoms with Gasteiger partial charge in [0.2, 0.25) is 41.4 Å². The third kappa shape index (κ3) is 19.1. The van der Waals surface area contributed by atoms with E-state index in [0.29, 0.717) is 12.8 Å². The van der Waals surface area contributed by atoms with Crippen molar-refractivity contribution in [3.63, 3.8) is 0 Å². The Morgan fingerprint density at radius 1 is 0.600 bits per heavy atom. The molecule has 314 valence electrons. The Bertz CT molecular complexity index is 1350. The molecule has 0 unspecified atom stereocenters. The quantitative estimate of drug-likeness (QED) is 0.0209. The van der Waals surface area contributed by atoms with Gasteiger partial charge in [0.05, 0.1) is 31.8 Å². The Balaban J connectivity index is 6.18. The van der Waals surface area contributed by atoms with Crippen LogP contribution in [0.4, 0.5) is 0 Å². The van der Waals surface area contributed by atoms with Gasteiger partial charge in [-0.25, -0.2) is 4.79 Å². The van der Waals surface area contributed by atoms with Crippen LogP contribution in [0, 0.1) is 0 Å². The topological polar surface area (TPSA) is 452 Å². The molecule has 55 heavy (non-hydrogen) atoms. The predicted octanol–water partition coefficient (Wildman–Crippen LogP) is -8.89. The van der Waals surface area contributed by atoms with Crippen molar-refractivity contribution in [1.82, 2.24) is 31.9 Å². The molecule has 0 rings (SSSR count). The molecule has 21 N–H and O–H groups in total. The Kier molecular flexibility index (Phi) is 23.3. The zero-order chi connectivity index (χ0) is 42.4. The highest BCUT2D eigenvalue weighted by Gasteiger charge is 2.35. The molecular formula is C30H56N12O13. The predicted molar refractivity (Wildman–Crippen MR) is 191 cm³/mol. The number of hydrogen-bond acceptors (Lipinski definition) is 15. The average Bonchev–Trinajstić information content (AvgIpc) is 3.10. The van der Waals surface area contributed by atoms with Gasteiger partial charge in [0.25, 0.3) is 0 Å². The van der Waals surface area contributed by atoms with Gasteiger partial charge in [-0.3, -0.25) is 38.6 Å². The maximum absolute atomic E-state index is 13.5. The second-order valence-electron chi connectivity index (χ2n) is 12.4. The van der Waals surface area contributed by atoms with Gasteiger partial charge in [0.1, 0.15) is 42.3 Å². The minimum absolute atomic E-state index is 0.00668. The molecule has 25 heteroatoms. The molecule has 0 aromatic carbocycles. The van der Waals surface area contributed by atoms with Crippen LogP contribution in [-0.2, 0) is 38.4 Å². The number of nitrogens with two attached hydrogens (primary N) is 5. The van der Waals surface area contributed by atoms with Crippen molar-refractivity contribution in [2.24, 2.45) is 33.7 Å². The maximum atomic E-state index is 13.5. The number of carboxylic acid groups (broad SMARTS) is 1. The van der Waals surface area contributed by atoms with E-state index in [4.69, 9.17) is 28.7 Å². The Morgan fingerprint density at radius 2 is 1.05 bits per heavy atom. The van der Waals surface area contributed by atoms with Crippen LogP contribution in [0.5, 0.6) is 0 Å². The van der Waals surface area contributed by atoms with Gasteiger partial charge in [-0.1, -0.05) is 0 Å². The Labute approximate surface area is 315 Å². The monoisotopic (exact) mass is 792 g/mol. The SMILES string of the molecule is C[C@@H](O)[C@H](N)C(=O)N[C@@H](CO)C(=O)N[C@@H](CO)C(=O)N[C@@H](CC(N)=O)C(=O)N[C@@H](CCCN=C(N)N)C(=O)N[C@H](C(=O)N[C@@H](CCCCN)C(=O)O)[C@@H](C)O. The third-order valence-electron chi connectivity index (χ3n) is 7.69. The van der Waals surface area contributed by atoms with Crippen molar-refractivity contribution in [2.75, 3.05) is 26.3 Å². The Hall–Kier alpha value is -5.21. The van der Waals surface area contributed by atoms with E-state index in [0.717, 1.165) is 6.92 Å². The van der Waals surface area contributed by atoms with Gasteiger partial charge >= 0.3 is 5.97 Å². The number of carbonyl (C=O) groups excluding carboxylic acids is 7. The molecule has 0 fully saturated rings. The van der Waals surface area contributed by atoms with Gasteiger partial charge in [0.15, 0.2) is 5.96 Å². The average molecular weight is 793 g/mol. The molecule has 0 aromatic rings. The Morgan fingerprint density at radius 3 is 1.51 bits per heavy atom. The lowest BCUT2D eigenvalue weighted by Gasteiger charge is -2.27. The first-order valence-corrected chi connectivity index (χ1v) is 17.1. The van der Waals surface area contributed by atoms with Crippen molar-refractivity contribution in [3.8, 4) is 0 Å². The lowest BCUT2D eigenvalue weighted by atomic mass is 10.1. The summed E-state index contributed by atoms with van der Waals surface area (Å²) in [5.74, 6) is -9.64. The highest BCUT2D eigenvalue weighted by Crippen LogP contribution is 2.06. The number of carboxylic acids is 1. The molecule has 7 amide bonds. The molecular weight excluding hydrogens is 736 g/mol. The molecule has 9 atom stereocenters. The largest absolute Gasteiger partial charge is 0.480 e. The lowest BCUT2D eigenvalue weighted by molar-refractivity contribution is -0.143. The number of aliphatic hydroxyl groups is 4. The zero-order valence-corrected chi connectivity index (χ0v) is 30.6. The van der Waals surface area contributed by atoms with Crippen molar-refractivity contribution in [3.05, 3.63) is 0 Å². The number of aliphatic imine (C=N–C) groups is 1. The van der Waals surface area contributed by atoms with Crippen LogP contribution in [0.2, 0.25) is 0 Å². The maximum Gasteiger partial charge on any atom is 0.326 e. The molecule has 0 aromatic heterocycles. The van der Waals surface area contributed by atoms with E-state index in [-0.39, 0.29) is 38.3 Å². The van der Waals surface area contributed by atoms with Crippen LogP contribution in [-0.4, -0.2) is 160 Å². The van der Waals surface area contributed by atoms with Crippen molar-refractivity contribution >= 4 is 53.3 Å². The third-order valence-corrected chi connectivity index (χ3v) is 7.69. The fourth-order valence-electron chi connectivity index (χ4n) is 4.55. The summed E-state index contributed by atoms with van der Waals surface area (Å²) in [5, 5.41) is 61.8. The second kappa shape index (κ2) is 25.7. The minimum atomic E-state index is -1.85. The normalized spacial score (nSPS) is 15.9. The molecule has 0 aliphatic rings. The lowest BCUT2D eigenvalue weighted by Crippen LogP contribution is -2.62. The van der Waals surface area contributed by atoms with E-state index < -0.39 is 121 Å². The van der Waals surface area contributed by atoms with Gasteiger partial charge < -0.3 is 86.1 Å². The molecule has 0 saturated heterocycles. The molecule has 25 nitrogen and oxygen atoms in total. The minimum Gasteiger partial charge on any atom is -0.480 e. The number of nitrogens with one attached hydrogen (secondary N) is 6. The number of carbonyl (C=O) groups is 8. The summed E-state index contributed by atoms with van der Waals surface area (Å²) >= 11 is 0. The summed E-state index contributed by atoms with van der Waals surface area (Å²) < 4.78 is 0. The van der Waals surface area contributed by atoms with Crippen molar-refractivity contribution in [2.45, 2.75) is 107 Å². The van der Waals surface area contributed by atoms with Crippen LogP contribution in [0.15, 0.2) is 4.99 Å². The van der Waals surface area contributed by atoms with Crippen LogP contribution < -0.4 is 60.6 Å². The molecule has 0 aliphatic heterocycles. The number of amides is 7. The van der Waals surface area contributed by atoms with Crippen LogP contribution >= 0.6 is 0 Å². The first-order chi connectivity index (χ1) is 25.7. The number of primary amides is 1. The van der Waals surface area contributed by atoms with Crippen LogP contribution in [0.1, 0.15) is 52.4 Å². The number of aliphatic hydroxyl groups excluding tert-OH is 4. The van der Waals surface area contributed by atoms with Gasteiger partial charge in [-0.05, 0) is 52.5 Å². The van der Waals surface area contributed by atoms with Crippen LogP contribution in [0.25, 0.3) is 0 Å². The summed E-state index contributed by atoms with van der Waals surface area (Å²) in [6.07, 6.45) is -3.19. The van der Waals surface area contributed by atoms with E-state index in [1.165, 1.54) is 6.92 Å². The van der Waals surface area contributed by atoms with E-state index in [9.17, 15) is 63.9 Å². The second-order valence-corrected chi connectivity index (χ2v) is 12.4. The molecule has 0 spiro atoms. The number of nitrogens with zero attached hydrogens (tertiary/aromatic N) is 1. The molecule has 0 saturated carbocycles. The van der Waals surface area contributed by atoms with E-state index in [1.54, 1.807) is 0 Å². The summed E-state index contributed by atoms with van der Waals surface area (Å²) in [7, 11) is 0. The molecule has 0 aliphatic carbocycles. The smallest absolute Gasteiger partial charge is 0.326 e. The molecule has 0 radical (unpaired) electrons. The van der Waals surface area contributed by atoms with Gasteiger partial charge in [-0.2, -0.15) is 0 Å². The highest BCUT2D eigenvalue weighted by atomic mass is 16.4. The van der Waals surface area contributed by atoms with Crippen molar-refractivity contribution < 1.29 is 63.9 Å². The first-order valence-electron chi connectivity index (χ1n) is 17.1. The van der Waals surface area contributed by atoms with E-state index in [2.05, 4.69) is 31.6 Å². The number of hydrogen-bond donors (Lipinski definition) is 16. The molecule has 0 bridgehead atoms. The van der Waals surface area contributed by atoms with Crippen molar-refractivity contribution in [1.29, 1.82) is 0 Å². The molecule has 0 heterocycles. The van der Waals surface area contributed by atoms with Gasteiger partial charge in [-0.15, -0.1) is 0 Å². The summed E-state index contributed by atoms with van der Waals surface area (Å²) in [6, 6.07) is -11.6. The summed E-state index contributed by atoms with van der Waals surface area (Å²) in [5.41, 5.74) is 26.9. The zero-order valence-electron chi connectivity index (χ0n) is 30.6. The van der Waals surface area contributed by atoms with E-state index >= 15 is 0 Å². The highest BCUT2D eigenvalue weighted by molar-refractivity contribution is 5.98. The number of aliphatic carboxylic acids is 1. The summed E-state index contributed by atoms with van der Waals surface area (Å²) in [6.45, 7) is 0.453. The standard InChI is InChI=1S/C30H56N12O13/c1-13(45)21(33)27(52)41-19(12-44)26(51)40-18(11-43)25(50)39-17(10-20(32)47)24(49)37-15(7-5-9-36-30(34)35)23(48)42-22(14(2)46)28(53)38-16(29(54)55)6-3-4-8-31/h13-19,21-22,43-46H,3-12,31,33H2,1-2H3,(H2,32,47)(H,37,49)(H,38,53)(H,39,50)(H,40,51)(H,41,52)(H,42,48)(H,54,55)(H4,34,35,36)/t13-,14-,15+,16+,17+,18+,19+,21+,22+/m1/s1. The fraction of sp³-hybridized carbons (Fsp3) is 0.700. The summed E-state index contributed by atoms with van der Waals surface area (Å²) in [4.78, 5) is 105. The first kappa shape index (κ1) is 49.8. The fourth-order valence-corrected chi connectivity index (χ4v) is 4.55. The van der Waals surface area contributed by atoms with E-state index in [1.807, 2.05) is 5.32 Å².